The summed E-state index contributed by atoms with van der Waals surface area (Å²) in [5.41, 5.74) is 3.89. The van der Waals surface area contributed by atoms with E-state index in [9.17, 15) is 15.0 Å². The van der Waals surface area contributed by atoms with Crippen LogP contribution in [-0.2, 0) is 24.1 Å². The van der Waals surface area contributed by atoms with Crippen molar-refractivity contribution in [2.45, 2.75) is 89.3 Å². The highest BCUT2D eigenvalue weighted by Gasteiger charge is 2.59. The Labute approximate surface area is 285 Å². The van der Waals surface area contributed by atoms with Gasteiger partial charge < -0.3 is 24.6 Å². The molecule has 1 amide bonds. The van der Waals surface area contributed by atoms with Crippen molar-refractivity contribution in [2.24, 2.45) is 23.2 Å². The van der Waals surface area contributed by atoms with Crippen LogP contribution in [0.2, 0.25) is 0 Å². The van der Waals surface area contributed by atoms with E-state index in [1.54, 1.807) is 20.3 Å². The molecule has 6 nitrogen and oxygen atoms in total. The third-order valence-electron chi connectivity index (χ3n) is 11.9. The molecular formula is C41H52FNO5. The van der Waals surface area contributed by atoms with E-state index in [0.717, 1.165) is 68.1 Å². The lowest BCUT2D eigenvalue weighted by Gasteiger charge is -2.54. The molecule has 0 spiro atoms. The molecule has 0 unspecified atom stereocenters. The van der Waals surface area contributed by atoms with Gasteiger partial charge in [-0.15, -0.1) is 0 Å². The number of phenols is 1. The Bertz CT molecular complexity index is 1550. The number of hydrogen-bond acceptors (Lipinski definition) is 5. The maximum atomic E-state index is 16.2. The molecule has 0 heterocycles. The predicted molar refractivity (Wildman–Crippen MR) is 186 cm³/mol. The maximum Gasteiger partial charge on any atom is 0.226 e. The minimum atomic E-state index is -1.01. The van der Waals surface area contributed by atoms with Crippen LogP contribution in [0.1, 0.15) is 80.0 Å². The molecule has 3 aliphatic carbocycles. The summed E-state index contributed by atoms with van der Waals surface area (Å²) in [6.07, 6.45) is 6.26. The number of carbonyl (C=O) groups is 1. The quantitative estimate of drug-likeness (QED) is 0.185. The molecule has 0 aromatic heterocycles. The van der Waals surface area contributed by atoms with Gasteiger partial charge in [-0.25, -0.2) is 4.39 Å². The predicted octanol–water partition coefficient (Wildman–Crippen LogP) is 7.67. The number of rotatable bonds is 13. The van der Waals surface area contributed by atoms with E-state index in [1.165, 1.54) is 5.56 Å². The van der Waals surface area contributed by atoms with Gasteiger partial charge in [0.05, 0.1) is 26.7 Å². The van der Waals surface area contributed by atoms with Gasteiger partial charge in [0, 0.05) is 19.0 Å². The lowest BCUT2D eigenvalue weighted by molar-refractivity contribution is -0.130. The number of amides is 1. The number of phenolic OH excluding ortho intramolecular Hbond substituents is 1. The van der Waals surface area contributed by atoms with Crippen LogP contribution in [0, 0.1) is 23.2 Å². The molecule has 0 radical (unpaired) electrons. The van der Waals surface area contributed by atoms with Crippen molar-refractivity contribution >= 4 is 5.91 Å². The number of hydrogen-bond donors (Lipinski definition) is 2. The number of aromatic hydroxyl groups is 1. The molecule has 48 heavy (non-hydrogen) atoms. The first kappa shape index (κ1) is 34.3. The Hall–Kier alpha value is -3.58. The van der Waals surface area contributed by atoms with E-state index in [1.807, 2.05) is 41.3 Å². The number of aliphatic hydroxyl groups excluding tert-OH is 1. The number of aryl methyl sites for hydroxylation is 1. The molecule has 2 N–H and O–H groups in total. The number of aliphatic hydroxyl groups is 1. The minimum Gasteiger partial charge on any atom is -0.508 e. The van der Waals surface area contributed by atoms with Gasteiger partial charge in [0.15, 0.2) is 11.5 Å². The number of ether oxygens (including phenoxy) is 2. The molecule has 2 saturated carbocycles. The number of carbonyl (C=O) groups excluding carboxylic acids is 1. The summed E-state index contributed by atoms with van der Waals surface area (Å²) in [5.74, 6) is 2.12. The van der Waals surface area contributed by atoms with E-state index >= 15 is 4.39 Å². The second-order valence-corrected chi connectivity index (χ2v) is 14.7. The highest BCUT2D eigenvalue weighted by atomic mass is 19.1. The normalized spacial score (nSPS) is 27.4. The van der Waals surface area contributed by atoms with Crippen molar-refractivity contribution in [1.82, 2.24) is 4.90 Å². The second-order valence-electron chi connectivity index (χ2n) is 14.7. The third kappa shape index (κ3) is 7.08. The van der Waals surface area contributed by atoms with Crippen LogP contribution < -0.4 is 9.47 Å². The third-order valence-corrected chi connectivity index (χ3v) is 11.9. The number of methoxy groups -OCH3 is 2. The Morgan fingerprint density at radius 3 is 2.48 bits per heavy atom. The molecule has 0 bridgehead atoms. The van der Waals surface area contributed by atoms with Crippen LogP contribution in [0.3, 0.4) is 0 Å². The van der Waals surface area contributed by atoms with E-state index in [4.69, 9.17) is 9.47 Å². The van der Waals surface area contributed by atoms with Crippen LogP contribution in [0.5, 0.6) is 17.2 Å². The zero-order valence-corrected chi connectivity index (χ0v) is 28.7. The van der Waals surface area contributed by atoms with Crippen molar-refractivity contribution in [1.29, 1.82) is 0 Å². The van der Waals surface area contributed by atoms with Gasteiger partial charge in [0.2, 0.25) is 5.91 Å². The van der Waals surface area contributed by atoms with E-state index < -0.39 is 12.3 Å². The summed E-state index contributed by atoms with van der Waals surface area (Å²) in [6.45, 7) is 3.47. The summed E-state index contributed by atoms with van der Waals surface area (Å²) in [4.78, 5) is 15.8. The van der Waals surface area contributed by atoms with Gasteiger partial charge in [-0.05, 0) is 121 Å². The average molecular weight is 658 g/mol. The van der Waals surface area contributed by atoms with Gasteiger partial charge in [-0.1, -0.05) is 55.8 Å². The van der Waals surface area contributed by atoms with E-state index in [0.29, 0.717) is 37.4 Å². The van der Waals surface area contributed by atoms with Gasteiger partial charge in [-0.3, -0.25) is 4.79 Å². The molecule has 6 rings (SSSR count). The summed E-state index contributed by atoms with van der Waals surface area (Å²) in [7, 11) is 3.21. The molecule has 7 atom stereocenters. The van der Waals surface area contributed by atoms with Crippen molar-refractivity contribution < 1.29 is 28.9 Å². The number of unbranched alkanes of at least 4 members (excludes halogenated alkanes) is 1. The maximum absolute atomic E-state index is 16.2. The molecule has 258 valence electrons. The smallest absolute Gasteiger partial charge is 0.226 e. The van der Waals surface area contributed by atoms with Crippen LogP contribution in [0.15, 0.2) is 66.7 Å². The van der Waals surface area contributed by atoms with Crippen molar-refractivity contribution in [2.75, 3.05) is 27.3 Å². The zero-order valence-electron chi connectivity index (χ0n) is 28.7. The summed E-state index contributed by atoms with van der Waals surface area (Å²) < 4.78 is 27.1. The molecule has 3 aliphatic rings. The summed E-state index contributed by atoms with van der Waals surface area (Å²) in [6, 6.07) is 21.5. The fourth-order valence-corrected chi connectivity index (χ4v) is 9.50. The Morgan fingerprint density at radius 1 is 0.938 bits per heavy atom. The van der Waals surface area contributed by atoms with E-state index in [-0.39, 0.29) is 40.7 Å². The number of benzene rings is 3. The first-order valence-electron chi connectivity index (χ1n) is 17.9. The summed E-state index contributed by atoms with van der Waals surface area (Å²) in [5, 5.41) is 21.3. The van der Waals surface area contributed by atoms with Gasteiger partial charge in [0.25, 0.3) is 0 Å². The Kier molecular flexibility index (Phi) is 10.6. The van der Waals surface area contributed by atoms with Gasteiger partial charge in [0.1, 0.15) is 11.9 Å². The fraction of sp³-hybridized carbons (Fsp3) is 0.537. The Balaban J connectivity index is 1.14. The van der Waals surface area contributed by atoms with Crippen LogP contribution in [0.25, 0.3) is 0 Å². The highest BCUT2D eigenvalue weighted by Crippen LogP contribution is 2.63. The molecule has 3 aromatic carbocycles. The van der Waals surface area contributed by atoms with Crippen LogP contribution >= 0.6 is 0 Å². The molecular weight excluding hydrogens is 605 g/mol. The zero-order chi connectivity index (χ0) is 33.8. The first-order valence-corrected chi connectivity index (χ1v) is 17.9. The van der Waals surface area contributed by atoms with Gasteiger partial charge >= 0.3 is 0 Å². The van der Waals surface area contributed by atoms with E-state index in [2.05, 4.69) is 31.2 Å². The van der Waals surface area contributed by atoms with Crippen LogP contribution in [-0.4, -0.2) is 60.6 Å². The number of alkyl halides is 1. The molecule has 7 heteroatoms. The number of halogens is 1. The number of fused-ring (bicyclic) bond motifs is 5. The Morgan fingerprint density at radius 2 is 1.71 bits per heavy atom. The lowest BCUT2D eigenvalue weighted by atomic mass is 9.51. The monoisotopic (exact) mass is 657 g/mol. The van der Waals surface area contributed by atoms with Crippen molar-refractivity contribution in [3.05, 3.63) is 89.0 Å². The molecule has 2 fully saturated rings. The molecule has 0 aliphatic heterocycles. The van der Waals surface area contributed by atoms with Crippen LogP contribution in [0.4, 0.5) is 4.39 Å². The van der Waals surface area contributed by atoms with Crippen molar-refractivity contribution in [3.8, 4) is 17.2 Å². The highest BCUT2D eigenvalue weighted by molar-refractivity contribution is 5.79. The van der Waals surface area contributed by atoms with Crippen molar-refractivity contribution in [3.63, 3.8) is 0 Å². The average Bonchev–Trinajstić information content (AvgIpc) is 3.38. The van der Waals surface area contributed by atoms with Gasteiger partial charge in [-0.2, -0.15) is 0 Å². The first-order chi connectivity index (χ1) is 23.2. The fourth-order valence-electron chi connectivity index (χ4n) is 9.50. The summed E-state index contributed by atoms with van der Waals surface area (Å²) >= 11 is 0. The second kappa shape index (κ2) is 14.9. The minimum absolute atomic E-state index is 0.0978. The molecule has 0 saturated heterocycles. The standard InChI is InChI=1S/C41H52FNO5/c1-41-26-34(42)40-32-16-15-31(44)25-30(32)24-29(39(40)33(41)17-19-37(41)45)13-7-8-20-43(21-9-12-27-10-5-4-6-11-27)38(46)23-28-14-18-35(47-2)36(22-28)48-3/h4-6,10-11,14-16,18,22,25,29,33-34,37,39-40,44-45H,7-9,12-13,17,19-21,23-24,26H2,1-3H3/t29-,33+,34+,37+,39+,40+,41+/m1/s1. The largest absolute Gasteiger partial charge is 0.508 e. The lowest BCUT2D eigenvalue weighted by Crippen LogP contribution is -2.51. The molecule has 3 aromatic rings. The number of nitrogens with zero attached hydrogens (tertiary/aromatic N) is 1. The SMILES string of the molecule is COc1ccc(CC(=O)N(CCCC[C@@H]2Cc3cc(O)ccc3[C@@H]3[C@@H]2[C@@H]2CC[C@H](O)[C@@]2(C)C[C@@H]3F)CCCc2ccccc2)cc1OC. The topological polar surface area (TPSA) is 79.2 Å².